The fourth-order valence-electron chi connectivity index (χ4n) is 1.88. The first-order valence-electron chi connectivity index (χ1n) is 7.31. The van der Waals surface area contributed by atoms with Crippen molar-refractivity contribution in [3.63, 3.8) is 0 Å². The third kappa shape index (κ3) is 4.72. The summed E-state index contributed by atoms with van der Waals surface area (Å²) < 4.78 is 5.59. The summed E-state index contributed by atoms with van der Waals surface area (Å²) in [6, 6.07) is 18.6. The lowest BCUT2D eigenvalue weighted by molar-refractivity contribution is 0.455. The Bertz CT molecular complexity index is 781. The van der Waals surface area contributed by atoms with E-state index < -0.39 is 0 Å². The maximum absolute atomic E-state index is 5.59. The standard InChI is InChI=1S/C17H15N5OS/c24-17(19-12-13-6-4-5-11-18-13)20-15-9-10-16(22-21-15)23-14-7-2-1-3-8-14/h1-11H,12H2,(H2,19,20,21,24). The predicted octanol–water partition coefficient (Wildman–Crippen LogP) is 3.15. The Morgan fingerprint density at radius 3 is 2.50 bits per heavy atom. The molecule has 0 aliphatic rings. The molecule has 6 nitrogen and oxygen atoms in total. The van der Waals surface area contributed by atoms with Crippen LogP contribution in [0.1, 0.15) is 5.69 Å². The van der Waals surface area contributed by atoms with Crippen LogP contribution < -0.4 is 15.4 Å². The molecular formula is C17H15N5OS. The molecule has 0 unspecified atom stereocenters. The molecule has 1 aromatic carbocycles. The summed E-state index contributed by atoms with van der Waals surface area (Å²) in [4.78, 5) is 4.21. The first-order valence-corrected chi connectivity index (χ1v) is 7.72. The number of ether oxygens (including phenoxy) is 1. The third-order valence-electron chi connectivity index (χ3n) is 3.00. The van der Waals surface area contributed by atoms with Crippen LogP contribution in [0.5, 0.6) is 11.6 Å². The number of para-hydroxylation sites is 1. The summed E-state index contributed by atoms with van der Waals surface area (Å²) in [5.41, 5.74) is 0.902. The Balaban J connectivity index is 1.51. The number of nitrogens with zero attached hydrogens (tertiary/aromatic N) is 3. The Morgan fingerprint density at radius 2 is 1.79 bits per heavy atom. The van der Waals surface area contributed by atoms with Gasteiger partial charge < -0.3 is 15.4 Å². The Hall–Kier alpha value is -3.06. The van der Waals surface area contributed by atoms with Crippen molar-refractivity contribution >= 4 is 23.1 Å². The van der Waals surface area contributed by atoms with Crippen molar-refractivity contribution < 1.29 is 4.74 Å². The Kier molecular flexibility index (Phi) is 5.26. The molecule has 2 N–H and O–H groups in total. The van der Waals surface area contributed by atoms with E-state index in [-0.39, 0.29) is 0 Å². The summed E-state index contributed by atoms with van der Waals surface area (Å²) in [6.07, 6.45) is 1.74. The summed E-state index contributed by atoms with van der Waals surface area (Å²) in [6.45, 7) is 0.537. The fraction of sp³-hybridized carbons (Fsp3) is 0.0588. The van der Waals surface area contributed by atoms with Gasteiger partial charge in [0.2, 0.25) is 5.88 Å². The van der Waals surface area contributed by atoms with Crippen molar-refractivity contribution in [3.8, 4) is 11.6 Å². The number of hydrogen-bond acceptors (Lipinski definition) is 5. The molecular weight excluding hydrogens is 322 g/mol. The minimum absolute atomic E-state index is 0.416. The van der Waals surface area contributed by atoms with Crippen molar-refractivity contribution in [2.45, 2.75) is 6.54 Å². The molecule has 0 aliphatic carbocycles. The van der Waals surface area contributed by atoms with Crippen LogP contribution in [-0.2, 0) is 6.54 Å². The van der Waals surface area contributed by atoms with Crippen LogP contribution in [0.3, 0.4) is 0 Å². The van der Waals surface area contributed by atoms with Crippen LogP contribution in [0.15, 0.2) is 66.9 Å². The van der Waals surface area contributed by atoms with E-state index in [0.29, 0.717) is 29.1 Å². The van der Waals surface area contributed by atoms with Crippen LogP contribution in [0, 0.1) is 0 Å². The van der Waals surface area contributed by atoms with E-state index in [1.165, 1.54) is 0 Å². The smallest absolute Gasteiger partial charge is 0.238 e. The average molecular weight is 337 g/mol. The second kappa shape index (κ2) is 7.98. The van der Waals surface area contributed by atoms with Crippen LogP contribution in [-0.4, -0.2) is 20.3 Å². The SMILES string of the molecule is S=C(NCc1ccccn1)Nc1ccc(Oc2ccccc2)nn1. The highest BCUT2D eigenvalue weighted by Crippen LogP contribution is 2.18. The van der Waals surface area contributed by atoms with Gasteiger partial charge >= 0.3 is 0 Å². The van der Waals surface area contributed by atoms with Crippen molar-refractivity contribution in [1.29, 1.82) is 0 Å². The molecule has 0 saturated heterocycles. The van der Waals surface area contributed by atoms with Gasteiger partial charge in [-0.1, -0.05) is 24.3 Å². The van der Waals surface area contributed by atoms with Gasteiger partial charge in [0.1, 0.15) is 5.75 Å². The molecule has 2 heterocycles. The van der Waals surface area contributed by atoms with E-state index in [0.717, 1.165) is 5.69 Å². The minimum atomic E-state index is 0.416. The molecule has 24 heavy (non-hydrogen) atoms. The van der Waals surface area contributed by atoms with Gasteiger partial charge in [0.05, 0.1) is 12.2 Å². The third-order valence-corrected chi connectivity index (χ3v) is 3.25. The summed E-state index contributed by atoms with van der Waals surface area (Å²) in [5, 5.41) is 14.5. The Morgan fingerprint density at radius 1 is 0.958 bits per heavy atom. The maximum Gasteiger partial charge on any atom is 0.238 e. The number of anilines is 1. The molecule has 0 saturated carbocycles. The summed E-state index contributed by atoms with van der Waals surface area (Å²) >= 11 is 5.22. The maximum atomic E-state index is 5.59. The fourth-order valence-corrected chi connectivity index (χ4v) is 2.06. The normalized spacial score (nSPS) is 10.0. The zero-order chi connectivity index (χ0) is 16.6. The average Bonchev–Trinajstić information content (AvgIpc) is 2.63. The number of rotatable bonds is 5. The first kappa shape index (κ1) is 15.8. The zero-order valence-corrected chi connectivity index (χ0v) is 13.5. The van der Waals surface area contributed by atoms with Crippen LogP contribution >= 0.6 is 12.2 Å². The highest BCUT2D eigenvalue weighted by atomic mass is 32.1. The molecule has 3 rings (SSSR count). The predicted molar refractivity (Wildman–Crippen MR) is 95.8 cm³/mol. The number of thiocarbonyl (C=S) groups is 1. The lowest BCUT2D eigenvalue weighted by Crippen LogP contribution is -2.28. The molecule has 120 valence electrons. The zero-order valence-electron chi connectivity index (χ0n) is 12.7. The van der Waals surface area contributed by atoms with E-state index in [2.05, 4.69) is 25.8 Å². The van der Waals surface area contributed by atoms with Crippen molar-refractivity contribution in [1.82, 2.24) is 20.5 Å². The van der Waals surface area contributed by atoms with Gasteiger partial charge in [0.15, 0.2) is 10.9 Å². The molecule has 0 radical (unpaired) electrons. The quantitative estimate of drug-likeness (QED) is 0.693. The molecule has 0 aliphatic heterocycles. The molecule has 0 amide bonds. The first-order chi connectivity index (χ1) is 11.8. The van der Waals surface area contributed by atoms with Gasteiger partial charge in [-0.05, 0) is 42.5 Å². The molecule has 0 fully saturated rings. The largest absolute Gasteiger partial charge is 0.438 e. The molecule has 0 bridgehead atoms. The van der Waals surface area contributed by atoms with E-state index in [1.54, 1.807) is 18.3 Å². The van der Waals surface area contributed by atoms with Crippen molar-refractivity contribution in [2.24, 2.45) is 0 Å². The summed E-state index contributed by atoms with van der Waals surface area (Å²) in [7, 11) is 0. The highest BCUT2D eigenvalue weighted by Gasteiger charge is 2.03. The van der Waals surface area contributed by atoms with Crippen molar-refractivity contribution in [3.05, 3.63) is 72.6 Å². The number of aromatic nitrogens is 3. The van der Waals surface area contributed by atoms with E-state index in [4.69, 9.17) is 17.0 Å². The van der Waals surface area contributed by atoms with E-state index in [9.17, 15) is 0 Å². The van der Waals surface area contributed by atoms with E-state index in [1.807, 2.05) is 48.5 Å². The van der Waals surface area contributed by atoms with Crippen molar-refractivity contribution in [2.75, 3.05) is 5.32 Å². The second-order valence-electron chi connectivity index (χ2n) is 4.80. The van der Waals surface area contributed by atoms with Gasteiger partial charge in [-0.2, -0.15) is 0 Å². The molecule has 3 aromatic rings. The molecule has 2 aromatic heterocycles. The van der Waals surface area contributed by atoms with Crippen LogP contribution in [0.25, 0.3) is 0 Å². The molecule has 0 atom stereocenters. The number of hydrogen-bond donors (Lipinski definition) is 2. The molecule has 0 spiro atoms. The van der Waals surface area contributed by atoms with Crippen LogP contribution in [0.4, 0.5) is 5.82 Å². The number of benzene rings is 1. The summed E-state index contributed by atoms with van der Waals surface area (Å²) in [5.74, 6) is 1.66. The van der Waals surface area contributed by atoms with Gasteiger partial charge in [0, 0.05) is 12.3 Å². The minimum Gasteiger partial charge on any atom is -0.438 e. The van der Waals surface area contributed by atoms with Gasteiger partial charge in [-0.25, -0.2) is 0 Å². The van der Waals surface area contributed by atoms with Gasteiger partial charge in [0.25, 0.3) is 0 Å². The van der Waals surface area contributed by atoms with Crippen LogP contribution in [0.2, 0.25) is 0 Å². The lowest BCUT2D eigenvalue weighted by Gasteiger charge is -2.09. The monoisotopic (exact) mass is 337 g/mol. The second-order valence-corrected chi connectivity index (χ2v) is 5.21. The number of pyridine rings is 1. The van der Waals surface area contributed by atoms with Gasteiger partial charge in [-0.15, -0.1) is 10.2 Å². The highest BCUT2D eigenvalue weighted by molar-refractivity contribution is 7.80. The topological polar surface area (TPSA) is 72.0 Å². The number of nitrogens with one attached hydrogen (secondary N) is 2. The Labute approximate surface area is 144 Å². The van der Waals surface area contributed by atoms with E-state index >= 15 is 0 Å². The molecule has 7 heteroatoms. The van der Waals surface area contributed by atoms with Gasteiger partial charge in [-0.3, -0.25) is 4.98 Å². The lowest BCUT2D eigenvalue weighted by atomic mass is 10.3.